The first-order valence-electron chi connectivity index (χ1n) is 8.92. The molecule has 4 rings (SSSR count). The van der Waals surface area contributed by atoms with Gasteiger partial charge in [0.2, 0.25) is 0 Å². The number of fused-ring (bicyclic) bond motifs is 1. The van der Waals surface area contributed by atoms with Gasteiger partial charge in [-0.15, -0.1) is 0 Å². The molecule has 0 spiro atoms. The van der Waals surface area contributed by atoms with E-state index in [1.807, 2.05) is 28.0 Å². The first-order valence-corrected chi connectivity index (χ1v) is 9.71. The molecule has 0 radical (unpaired) electrons. The van der Waals surface area contributed by atoms with E-state index in [1.165, 1.54) is 0 Å². The maximum absolute atomic E-state index is 12.1. The fourth-order valence-corrected chi connectivity index (χ4v) is 4.12. The lowest BCUT2D eigenvalue weighted by Crippen LogP contribution is -2.49. The van der Waals surface area contributed by atoms with E-state index in [2.05, 4.69) is 32.0 Å². The third-order valence-corrected chi connectivity index (χ3v) is 5.58. The second-order valence-electron chi connectivity index (χ2n) is 6.68. The molecule has 2 N–H and O–H groups in total. The predicted octanol–water partition coefficient (Wildman–Crippen LogP) is 3.14. The molecule has 1 aromatic carbocycles. The van der Waals surface area contributed by atoms with Gasteiger partial charge in [0.15, 0.2) is 0 Å². The van der Waals surface area contributed by atoms with E-state index >= 15 is 0 Å². The van der Waals surface area contributed by atoms with Gasteiger partial charge < -0.3 is 15.0 Å². The minimum Gasteiger partial charge on any atom is -0.480 e. The van der Waals surface area contributed by atoms with Crippen LogP contribution in [0.2, 0.25) is 0 Å². The molecule has 0 aliphatic carbocycles. The van der Waals surface area contributed by atoms with Crippen LogP contribution in [0.15, 0.2) is 47.2 Å². The Morgan fingerprint density at radius 1 is 1.29 bits per heavy atom. The summed E-state index contributed by atoms with van der Waals surface area (Å²) in [5, 5.41) is 20.2. The summed E-state index contributed by atoms with van der Waals surface area (Å²) in [4.78, 5) is 23.7. The molecule has 1 aliphatic heterocycles. The van der Waals surface area contributed by atoms with Gasteiger partial charge in [0.1, 0.15) is 17.9 Å². The summed E-state index contributed by atoms with van der Waals surface area (Å²) in [5.74, 6) is -0.211. The van der Waals surface area contributed by atoms with E-state index in [-0.39, 0.29) is 0 Å². The summed E-state index contributed by atoms with van der Waals surface area (Å²) in [6.45, 7) is 2.36. The fraction of sp³-hybridized carbons (Fsp3) is 0.250. The molecule has 0 bridgehead atoms. The Kier molecular flexibility index (Phi) is 5.03. The van der Waals surface area contributed by atoms with Crippen molar-refractivity contribution in [3.8, 4) is 6.07 Å². The van der Waals surface area contributed by atoms with Crippen LogP contribution in [0.5, 0.6) is 0 Å². The molecule has 3 heterocycles. The number of benzene rings is 1. The molecule has 2 aromatic heterocycles. The normalized spacial score (nSPS) is 16.1. The number of hydrogen-bond donors (Lipinski definition) is 2. The summed E-state index contributed by atoms with van der Waals surface area (Å²) in [7, 11) is 0. The minimum atomic E-state index is -0.870. The molecule has 1 fully saturated rings. The number of rotatable bonds is 4. The standard InChI is InChI=1S/C20H18BrN5O2/c21-14-3-4-17-15(10-14)16(12-24-17)18(20(27)28)25-6-8-26(9-7-25)19-13(11-22)2-1-5-23-19/h1-5,10,12,18,24H,6-9H2,(H,27,28)/t18-/m0/s1. The van der Waals surface area contributed by atoms with E-state index in [4.69, 9.17) is 0 Å². The van der Waals surface area contributed by atoms with E-state index in [9.17, 15) is 15.2 Å². The highest BCUT2D eigenvalue weighted by Crippen LogP contribution is 2.32. The number of halogens is 1. The summed E-state index contributed by atoms with van der Waals surface area (Å²) in [5.41, 5.74) is 2.20. The van der Waals surface area contributed by atoms with Crippen LogP contribution in [-0.4, -0.2) is 52.1 Å². The van der Waals surface area contributed by atoms with Crippen molar-refractivity contribution in [2.75, 3.05) is 31.1 Å². The van der Waals surface area contributed by atoms with Crippen molar-refractivity contribution in [2.45, 2.75) is 6.04 Å². The zero-order chi connectivity index (χ0) is 19.7. The second kappa shape index (κ2) is 7.62. The molecule has 7 nitrogen and oxygen atoms in total. The second-order valence-corrected chi connectivity index (χ2v) is 7.60. The Morgan fingerprint density at radius 2 is 2.07 bits per heavy atom. The average molecular weight is 440 g/mol. The van der Waals surface area contributed by atoms with Crippen molar-refractivity contribution >= 4 is 38.6 Å². The maximum Gasteiger partial charge on any atom is 0.325 e. The zero-order valence-corrected chi connectivity index (χ0v) is 16.6. The SMILES string of the molecule is N#Cc1cccnc1N1CCN([C@H](C(=O)O)c2c[nH]c3ccc(Br)cc23)CC1. The van der Waals surface area contributed by atoms with Crippen LogP contribution in [-0.2, 0) is 4.79 Å². The molecule has 0 unspecified atom stereocenters. The van der Waals surface area contributed by atoms with E-state index < -0.39 is 12.0 Å². The number of pyridine rings is 1. The van der Waals surface area contributed by atoms with Crippen molar-refractivity contribution in [3.05, 3.63) is 58.3 Å². The number of aromatic nitrogens is 2. The Balaban J connectivity index is 1.58. The van der Waals surface area contributed by atoms with Gasteiger partial charge in [0, 0.05) is 59.5 Å². The third-order valence-electron chi connectivity index (χ3n) is 5.09. The number of H-pyrrole nitrogens is 1. The van der Waals surface area contributed by atoms with Gasteiger partial charge in [-0.1, -0.05) is 15.9 Å². The average Bonchev–Trinajstić information content (AvgIpc) is 3.11. The van der Waals surface area contributed by atoms with Crippen molar-refractivity contribution in [3.63, 3.8) is 0 Å². The Labute approximate surface area is 170 Å². The summed E-state index contributed by atoms with van der Waals surface area (Å²) in [6.07, 6.45) is 3.46. The van der Waals surface area contributed by atoms with Crippen molar-refractivity contribution in [1.29, 1.82) is 5.26 Å². The van der Waals surface area contributed by atoms with Crippen LogP contribution < -0.4 is 4.90 Å². The van der Waals surface area contributed by atoms with E-state index in [0.29, 0.717) is 37.6 Å². The molecule has 1 saturated heterocycles. The number of aromatic amines is 1. The van der Waals surface area contributed by atoms with Crippen LogP contribution in [0.25, 0.3) is 10.9 Å². The quantitative estimate of drug-likeness (QED) is 0.647. The molecule has 1 atom stereocenters. The molecule has 28 heavy (non-hydrogen) atoms. The van der Waals surface area contributed by atoms with Crippen LogP contribution in [0.1, 0.15) is 17.2 Å². The number of anilines is 1. The molecule has 8 heteroatoms. The van der Waals surface area contributed by atoms with Crippen LogP contribution in [0, 0.1) is 11.3 Å². The molecule has 142 valence electrons. The lowest BCUT2D eigenvalue weighted by molar-refractivity contribution is -0.143. The number of nitrogens with zero attached hydrogens (tertiary/aromatic N) is 4. The van der Waals surface area contributed by atoms with Crippen molar-refractivity contribution < 1.29 is 9.90 Å². The minimum absolute atomic E-state index is 0.534. The number of carboxylic acids is 1. The molecule has 0 saturated carbocycles. The molecular weight excluding hydrogens is 422 g/mol. The first-order chi connectivity index (χ1) is 13.6. The lowest BCUT2D eigenvalue weighted by atomic mass is 10.0. The monoisotopic (exact) mass is 439 g/mol. The highest BCUT2D eigenvalue weighted by atomic mass is 79.9. The van der Waals surface area contributed by atoms with Crippen LogP contribution >= 0.6 is 15.9 Å². The molecular formula is C20H18BrN5O2. The van der Waals surface area contributed by atoms with Gasteiger partial charge >= 0.3 is 5.97 Å². The molecule has 0 amide bonds. The number of aliphatic carboxylic acids is 1. The maximum atomic E-state index is 12.1. The number of nitrogens with one attached hydrogen (secondary N) is 1. The number of nitriles is 1. The number of piperazine rings is 1. The third kappa shape index (κ3) is 3.35. The van der Waals surface area contributed by atoms with Crippen molar-refractivity contribution in [2.24, 2.45) is 0 Å². The highest BCUT2D eigenvalue weighted by Gasteiger charge is 2.32. The molecule has 3 aromatic rings. The van der Waals surface area contributed by atoms with Gasteiger partial charge in [0.05, 0.1) is 5.56 Å². The largest absolute Gasteiger partial charge is 0.480 e. The molecule has 1 aliphatic rings. The lowest BCUT2D eigenvalue weighted by Gasteiger charge is -2.38. The van der Waals surface area contributed by atoms with E-state index in [1.54, 1.807) is 24.5 Å². The Bertz CT molecular complexity index is 1070. The smallest absolute Gasteiger partial charge is 0.325 e. The highest BCUT2D eigenvalue weighted by molar-refractivity contribution is 9.10. The predicted molar refractivity (Wildman–Crippen MR) is 109 cm³/mol. The topological polar surface area (TPSA) is 96.2 Å². The number of carbonyl (C=O) groups is 1. The van der Waals surface area contributed by atoms with Gasteiger partial charge in [-0.2, -0.15) is 5.26 Å². The van der Waals surface area contributed by atoms with Crippen LogP contribution in [0.3, 0.4) is 0 Å². The Hall–Kier alpha value is -2.89. The summed E-state index contributed by atoms with van der Waals surface area (Å²) in [6, 6.07) is 10.7. The van der Waals surface area contributed by atoms with Crippen molar-refractivity contribution in [1.82, 2.24) is 14.9 Å². The van der Waals surface area contributed by atoms with Gasteiger partial charge in [-0.25, -0.2) is 4.98 Å². The first kappa shape index (κ1) is 18.5. The fourth-order valence-electron chi connectivity index (χ4n) is 3.75. The Morgan fingerprint density at radius 3 is 2.79 bits per heavy atom. The zero-order valence-electron chi connectivity index (χ0n) is 15.0. The van der Waals surface area contributed by atoms with Gasteiger partial charge in [0.25, 0.3) is 0 Å². The van der Waals surface area contributed by atoms with Crippen LogP contribution in [0.4, 0.5) is 5.82 Å². The van der Waals surface area contributed by atoms with E-state index in [0.717, 1.165) is 20.9 Å². The number of hydrogen-bond acceptors (Lipinski definition) is 5. The van der Waals surface area contributed by atoms with Gasteiger partial charge in [-0.3, -0.25) is 9.69 Å². The summed E-state index contributed by atoms with van der Waals surface area (Å²) < 4.78 is 0.911. The number of carboxylic acid groups (broad SMARTS) is 1. The van der Waals surface area contributed by atoms with Gasteiger partial charge in [-0.05, 0) is 30.3 Å². The summed E-state index contributed by atoms with van der Waals surface area (Å²) >= 11 is 3.47.